The van der Waals surface area contributed by atoms with Crippen LogP contribution in [0.5, 0.6) is 0 Å². The zero-order chi connectivity index (χ0) is 26.9. The average molecular weight is 529 g/mol. The molecule has 36 heavy (non-hydrogen) atoms. The molecule has 1 amide bonds. The van der Waals surface area contributed by atoms with Gasteiger partial charge in [0.2, 0.25) is 5.91 Å². The van der Waals surface area contributed by atoms with Crippen LogP contribution in [0.3, 0.4) is 0 Å². The smallest absolute Gasteiger partial charge is 0.217 e. The van der Waals surface area contributed by atoms with Gasteiger partial charge in [-0.3, -0.25) is 4.79 Å². The van der Waals surface area contributed by atoms with Crippen molar-refractivity contribution < 1.29 is 74.4 Å². The Labute approximate surface area is 205 Å². The molecular formula is C20H35NO15. The second kappa shape index (κ2) is 12.2. The highest BCUT2D eigenvalue weighted by atomic mass is 16.8. The van der Waals surface area contributed by atoms with Crippen molar-refractivity contribution in [3.05, 3.63) is 0 Å². The summed E-state index contributed by atoms with van der Waals surface area (Å²) in [5.41, 5.74) is 0. The average Bonchev–Trinajstić information content (AvgIpc) is 2.83. The molecule has 0 bridgehead atoms. The SMILES string of the molecule is CC(=O)N[C@H]1C(O)O[C@H](CO)[C@@H](O)[C@@H]1O[C@H]1O[C@H](CO)[C@H](O)[C@H](O)[C@H]1O[C@@H]1O[C@@H](C)[C@H](O)[C@@H](O)[C@H]1O. The van der Waals surface area contributed by atoms with Gasteiger partial charge in [0.1, 0.15) is 67.1 Å². The first-order chi connectivity index (χ1) is 16.9. The molecule has 3 saturated heterocycles. The van der Waals surface area contributed by atoms with E-state index in [1.54, 1.807) is 0 Å². The zero-order valence-corrected chi connectivity index (χ0v) is 19.5. The van der Waals surface area contributed by atoms with Gasteiger partial charge in [0, 0.05) is 6.92 Å². The van der Waals surface area contributed by atoms with Crippen molar-refractivity contribution in [2.45, 2.75) is 106 Å². The summed E-state index contributed by atoms with van der Waals surface area (Å²) in [6.07, 6.45) is -22.2. The Bertz CT molecular complexity index is 731. The van der Waals surface area contributed by atoms with Gasteiger partial charge in [0.25, 0.3) is 0 Å². The van der Waals surface area contributed by atoms with E-state index in [9.17, 15) is 50.8 Å². The fourth-order valence-electron chi connectivity index (χ4n) is 4.38. The number of carbonyl (C=O) groups is 1. The van der Waals surface area contributed by atoms with Crippen LogP contribution in [0.2, 0.25) is 0 Å². The fourth-order valence-corrected chi connectivity index (χ4v) is 4.38. The minimum Gasteiger partial charge on any atom is -0.394 e. The summed E-state index contributed by atoms with van der Waals surface area (Å²) in [5.74, 6) is -0.632. The highest BCUT2D eigenvalue weighted by molar-refractivity contribution is 5.73. The summed E-state index contributed by atoms with van der Waals surface area (Å²) < 4.78 is 27.4. The molecule has 0 aliphatic carbocycles. The normalized spacial score (nSPS) is 50.0. The van der Waals surface area contributed by atoms with Gasteiger partial charge in [-0.15, -0.1) is 0 Å². The largest absolute Gasteiger partial charge is 0.394 e. The van der Waals surface area contributed by atoms with Gasteiger partial charge in [-0.2, -0.15) is 0 Å². The van der Waals surface area contributed by atoms with Crippen molar-refractivity contribution in [1.29, 1.82) is 0 Å². The molecule has 15 atom stereocenters. The first-order valence-electron chi connectivity index (χ1n) is 11.4. The van der Waals surface area contributed by atoms with E-state index in [0.29, 0.717) is 0 Å². The number of aliphatic hydroxyl groups is 9. The van der Waals surface area contributed by atoms with Crippen molar-refractivity contribution >= 4 is 5.91 Å². The van der Waals surface area contributed by atoms with Crippen molar-refractivity contribution in [3.8, 4) is 0 Å². The first kappa shape index (κ1) is 29.5. The third-order valence-corrected chi connectivity index (χ3v) is 6.46. The number of hydrogen-bond donors (Lipinski definition) is 10. The minimum atomic E-state index is -1.83. The maximum Gasteiger partial charge on any atom is 0.217 e. The van der Waals surface area contributed by atoms with Gasteiger partial charge in [-0.05, 0) is 6.92 Å². The van der Waals surface area contributed by atoms with Crippen LogP contribution >= 0.6 is 0 Å². The Hall–Kier alpha value is -1.09. The quantitative estimate of drug-likeness (QED) is 0.147. The maximum absolute atomic E-state index is 11.7. The molecule has 10 N–H and O–H groups in total. The molecule has 0 aromatic heterocycles. The summed E-state index contributed by atoms with van der Waals surface area (Å²) >= 11 is 0. The van der Waals surface area contributed by atoms with Gasteiger partial charge < -0.3 is 75.0 Å². The molecule has 3 aliphatic heterocycles. The van der Waals surface area contributed by atoms with E-state index >= 15 is 0 Å². The van der Waals surface area contributed by atoms with E-state index in [4.69, 9.17) is 23.7 Å². The number of nitrogens with one attached hydrogen (secondary N) is 1. The molecular weight excluding hydrogens is 494 g/mol. The second-order valence-electron chi connectivity index (χ2n) is 9.05. The highest BCUT2D eigenvalue weighted by Gasteiger charge is 2.53. The summed E-state index contributed by atoms with van der Waals surface area (Å²) in [4.78, 5) is 11.7. The topological polar surface area (TPSA) is 257 Å². The van der Waals surface area contributed by atoms with E-state index in [1.807, 2.05) is 0 Å². The maximum atomic E-state index is 11.7. The Balaban J connectivity index is 1.89. The number of hydrogen-bond acceptors (Lipinski definition) is 15. The van der Waals surface area contributed by atoms with Crippen LogP contribution in [0.4, 0.5) is 0 Å². The minimum absolute atomic E-state index is 0.632. The molecule has 0 spiro atoms. The first-order valence-corrected chi connectivity index (χ1v) is 11.4. The summed E-state index contributed by atoms with van der Waals surface area (Å²) in [6.45, 7) is 1.00. The van der Waals surface area contributed by atoms with E-state index in [0.717, 1.165) is 6.92 Å². The van der Waals surface area contributed by atoms with Crippen molar-refractivity contribution in [1.82, 2.24) is 5.32 Å². The molecule has 3 fully saturated rings. The van der Waals surface area contributed by atoms with E-state index in [2.05, 4.69) is 5.32 Å². The predicted molar refractivity (Wildman–Crippen MR) is 111 cm³/mol. The van der Waals surface area contributed by atoms with Crippen LogP contribution in [-0.2, 0) is 28.5 Å². The number of rotatable bonds is 7. The van der Waals surface area contributed by atoms with Crippen molar-refractivity contribution in [3.63, 3.8) is 0 Å². The van der Waals surface area contributed by atoms with Gasteiger partial charge in [0.15, 0.2) is 18.9 Å². The summed E-state index contributed by atoms with van der Waals surface area (Å²) in [7, 11) is 0. The lowest BCUT2D eigenvalue weighted by atomic mass is 9.95. The second-order valence-corrected chi connectivity index (χ2v) is 9.05. The molecule has 16 nitrogen and oxygen atoms in total. The van der Waals surface area contributed by atoms with Crippen LogP contribution in [0.15, 0.2) is 0 Å². The Morgan fingerprint density at radius 1 is 0.722 bits per heavy atom. The summed E-state index contributed by atoms with van der Waals surface area (Å²) in [6, 6.07) is -1.39. The van der Waals surface area contributed by atoms with Crippen LogP contribution in [0.25, 0.3) is 0 Å². The molecule has 210 valence electrons. The van der Waals surface area contributed by atoms with Crippen LogP contribution in [-0.4, -0.2) is 157 Å². The third kappa shape index (κ3) is 5.97. The molecule has 1 unspecified atom stereocenters. The Kier molecular flexibility index (Phi) is 9.97. The van der Waals surface area contributed by atoms with E-state index in [-0.39, 0.29) is 0 Å². The number of aliphatic hydroxyl groups excluding tert-OH is 9. The van der Waals surface area contributed by atoms with Gasteiger partial charge in [-0.25, -0.2) is 0 Å². The Morgan fingerprint density at radius 3 is 1.89 bits per heavy atom. The summed E-state index contributed by atoms with van der Waals surface area (Å²) in [5, 5.41) is 93.8. The van der Waals surface area contributed by atoms with Crippen molar-refractivity contribution in [2.24, 2.45) is 0 Å². The van der Waals surface area contributed by atoms with Crippen molar-refractivity contribution in [2.75, 3.05) is 13.2 Å². The highest BCUT2D eigenvalue weighted by Crippen LogP contribution is 2.32. The van der Waals surface area contributed by atoms with Crippen LogP contribution < -0.4 is 5.32 Å². The van der Waals surface area contributed by atoms with Gasteiger partial charge in [-0.1, -0.05) is 0 Å². The van der Waals surface area contributed by atoms with Crippen LogP contribution in [0, 0.1) is 0 Å². The molecule has 16 heteroatoms. The van der Waals surface area contributed by atoms with Gasteiger partial charge >= 0.3 is 0 Å². The zero-order valence-electron chi connectivity index (χ0n) is 19.5. The molecule has 0 radical (unpaired) electrons. The fraction of sp³-hybridized carbons (Fsp3) is 0.950. The lowest BCUT2D eigenvalue weighted by Crippen LogP contribution is -2.68. The standard InChI is InChI=1S/C20H35NO15/c1-5-10(25)13(28)15(30)19(32-5)36-17-14(29)11(26)7(3-22)34-20(17)35-16-9(21-6(2)24)18(31)33-8(4-23)12(16)27/h5,7-20,22-23,25-31H,3-4H2,1-2H3,(H,21,24)/t5-,7+,8+,9+,10-,11-,12+,13+,14-,15+,16+,17+,18?,19-,20+/m0/s1. The number of ether oxygens (including phenoxy) is 5. The third-order valence-electron chi connectivity index (χ3n) is 6.46. The number of amides is 1. The molecule has 0 aromatic rings. The molecule has 3 aliphatic rings. The van der Waals surface area contributed by atoms with Crippen LogP contribution in [0.1, 0.15) is 13.8 Å². The monoisotopic (exact) mass is 529 g/mol. The van der Waals surface area contributed by atoms with E-state index < -0.39 is 111 Å². The molecule has 3 rings (SSSR count). The lowest BCUT2D eigenvalue weighted by Gasteiger charge is -2.48. The van der Waals surface area contributed by atoms with E-state index in [1.165, 1.54) is 6.92 Å². The number of carbonyl (C=O) groups excluding carboxylic acids is 1. The Morgan fingerprint density at radius 2 is 1.31 bits per heavy atom. The molecule has 0 saturated carbocycles. The molecule has 3 heterocycles. The van der Waals surface area contributed by atoms with Gasteiger partial charge in [0.05, 0.1) is 19.3 Å². The molecule has 0 aromatic carbocycles. The lowest BCUT2D eigenvalue weighted by molar-refractivity contribution is -0.380. The predicted octanol–water partition coefficient (Wildman–Crippen LogP) is -6.40.